The molecular formula is C20H23FN2O3. The minimum Gasteiger partial charge on any atom is -0.491 e. The fourth-order valence-electron chi connectivity index (χ4n) is 2.32. The molecule has 0 aliphatic rings. The Morgan fingerprint density at radius 3 is 2.46 bits per heavy atom. The number of hydrogen-bond donors (Lipinski definition) is 2. The van der Waals surface area contributed by atoms with Crippen LogP contribution in [0.15, 0.2) is 48.5 Å². The summed E-state index contributed by atoms with van der Waals surface area (Å²) < 4.78 is 18.6. The summed E-state index contributed by atoms with van der Waals surface area (Å²) >= 11 is 0. The van der Waals surface area contributed by atoms with Gasteiger partial charge in [0.25, 0.3) is 5.91 Å². The van der Waals surface area contributed by atoms with Crippen molar-refractivity contribution in [3.8, 4) is 5.75 Å². The Hall–Kier alpha value is -2.89. The van der Waals surface area contributed by atoms with Crippen molar-refractivity contribution in [2.75, 3.05) is 13.1 Å². The highest BCUT2D eigenvalue weighted by Gasteiger charge is 2.08. The topological polar surface area (TPSA) is 67.4 Å². The van der Waals surface area contributed by atoms with Crippen LogP contribution in [0.25, 0.3) is 0 Å². The summed E-state index contributed by atoms with van der Waals surface area (Å²) in [6, 6.07) is 13.0. The van der Waals surface area contributed by atoms with E-state index in [-0.39, 0.29) is 30.3 Å². The smallest absolute Gasteiger partial charge is 0.251 e. The molecule has 2 aromatic carbocycles. The molecule has 0 saturated heterocycles. The number of ether oxygens (including phenoxy) is 1. The van der Waals surface area contributed by atoms with Crippen LogP contribution < -0.4 is 15.4 Å². The Morgan fingerprint density at radius 2 is 1.81 bits per heavy atom. The van der Waals surface area contributed by atoms with Gasteiger partial charge in [0.2, 0.25) is 5.91 Å². The molecule has 0 atom stereocenters. The first kappa shape index (κ1) is 19.4. The Morgan fingerprint density at radius 1 is 1.08 bits per heavy atom. The lowest BCUT2D eigenvalue weighted by molar-refractivity contribution is -0.120. The summed E-state index contributed by atoms with van der Waals surface area (Å²) in [5.41, 5.74) is 1.26. The quantitative estimate of drug-likeness (QED) is 0.762. The van der Waals surface area contributed by atoms with Crippen LogP contribution in [0, 0.1) is 5.82 Å². The van der Waals surface area contributed by atoms with Crippen molar-refractivity contribution in [3.63, 3.8) is 0 Å². The van der Waals surface area contributed by atoms with E-state index >= 15 is 0 Å². The van der Waals surface area contributed by atoms with Gasteiger partial charge in [-0.05, 0) is 62.2 Å². The molecule has 138 valence electrons. The van der Waals surface area contributed by atoms with E-state index in [1.54, 1.807) is 36.4 Å². The van der Waals surface area contributed by atoms with Crippen molar-refractivity contribution < 1.29 is 18.7 Å². The predicted octanol–water partition coefficient (Wildman–Crippen LogP) is 2.70. The monoisotopic (exact) mass is 358 g/mol. The molecule has 6 heteroatoms. The SMILES string of the molecule is CC(C)Oc1ccc(C(=O)NCC(=O)NCCc2cccc(F)c2)cc1. The van der Waals surface area contributed by atoms with E-state index in [1.165, 1.54) is 12.1 Å². The Labute approximate surface area is 152 Å². The summed E-state index contributed by atoms with van der Waals surface area (Å²) in [4.78, 5) is 23.8. The third-order valence-corrected chi connectivity index (χ3v) is 3.52. The van der Waals surface area contributed by atoms with Gasteiger partial charge in [-0.15, -0.1) is 0 Å². The number of carbonyl (C=O) groups excluding carboxylic acids is 2. The van der Waals surface area contributed by atoms with Gasteiger partial charge in [0.15, 0.2) is 0 Å². The minimum atomic E-state index is -0.332. The van der Waals surface area contributed by atoms with Crippen LogP contribution >= 0.6 is 0 Å². The van der Waals surface area contributed by atoms with Gasteiger partial charge in [-0.3, -0.25) is 9.59 Å². The zero-order valence-electron chi connectivity index (χ0n) is 14.9. The van der Waals surface area contributed by atoms with Crippen LogP contribution in [0.3, 0.4) is 0 Å². The first-order chi connectivity index (χ1) is 12.4. The lowest BCUT2D eigenvalue weighted by atomic mass is 10.1. The summed E-state index contributed by atoms with van der Waals surface area (Å²) in [6.07, 6.45) is 0.583. The molecule has 26 heavy (non-hydrogen) atoms. The zero-order valence-corrected chi connectivity index (χ0v) is 14.9. The van der Waals surface area contributed by atoms with Gasteiger partial charge in [0, 0.05) is 12.1 Å². The molecular weight excluding hydrogens is 335 g/mol. The number of benzene rings is 2. The largest absolute Gasteiger partial charge is 0.491 e. The zero-order chi connectivity index (χ0) is 18.9. The van der Waals surface area contributed by atoms with Gasteiger partial charge in [-0.25, -0.2) is 4.39 Å². The van der Waals surface area contributed by atoms with E-state index in [0.717, 1.165) is 5.56 Å². The lowest BCUT2D eigenvalue weighted by Gasteiger charge is -2.10. The van der Waals surface area contributed by atoms with Crippen LogP contribution in [0.1, 0.15) is 29.8 Å². The van der Waals surface area contributed by atoms with Crippen LogP contribution in [0.4, 0.5) is 4.39 Å². The fourth-order valence-corrected chi connectivity index (χ4v) is 2.32. The third-order valence-electron chi connectivity index (χ3n) is 3.52. The van der Waals surface area contributed by atoms with Crippen molar-refractivity contribution >= 4 is 11.8 Å². The highest BCUT2D eigenvalue weighted by atomic mass is 19.1. The first-order valence-corrected chi connectivity index (χ1v) is 8.50. The maximum absolute atomic E-state index is 13.1. The van der Waals surface area contributed by atoms with Crippen molar-refractivity contribution in [2.24, 2.45) is 0 Å². The van der Waals surface area contributed by atoms with Gasteiger partial charge in [0.05, 0.1) is 12.6 Å². The Bertz CT molecular complexity index is 745. The van der Waals surface area contributed by atoms with Crippen LogP contribution in [0.2, 0.25) is 0 Å². The molecule has 0 aliphatic carbocycles. The molecule has 0 radical (unpaired) electrons. The lowest BCUT2D eigenvalue weighted by Crippen LogP contribution is -2.37. The second kappa shape index (κ2) is 9.56. The van der Waals surface area contributed by atoms with Gasteiger partial charge < -0.3 is 15.4 Å². The van der Waals surface area contributed by atoms with Crippen molar-refractivity contribution in [1.82, 2.24) is 10.6 Å². The molecule has 2 aromatic rings. The summed E-state index contributed by atoms with van der Waals surface area (Å²) in [6.45, 7) is 4.10. The number of carbonyl (C=O) groups is 2. The molecule has 0 unspecified atom stereocenters. The molecule has 0 aliphatic heterocycles. The number of hydrogen-bond acceptors (Lipinski definition) is 3. The van der Waals surface area contributed by atoms with E-state index in [1.807, 2.05) is 13.8 Å². The molecule has 2 N–H and O–H groups in total. The summed E-state index contributed by atoms with van der Waals surface area (Å²) in [7, 11) is 0. The average molecular weight is 358 g/mol. The molecule has 0 heterocycles. The van der Waals surface area contributed by atoms with Crippen LogP contribution in [-0.4, -0.2) is 31.0 Å². The van der Waals surface area contributed by atoms with E-state index in [9.17, 15) is 14.0 Å². The van der Waals surface area contributed by atoms with Gasteiger partial charge >= 0.3 is 0 Å². The number of amides is 2. The number of rotatable bonds is 8. The number of nitrogens with one attached hydrogen (secondary N) is 2. The van der Waals surface area contributed by atoms with Crippen molar-refractivity contribution in [2.45, 2.75) is 26.4 Å². The molecule has 2 rings (SSSR count). The molecule has 0 fully saturated rings. The highest BCUT2D eigenvalue weighted by Crippen LogP contribution is 2.13. The van der Waals surface area contributed by atoms with E-state index in [4.69, 9.17) is 4.74 Å². The average Bonchev–Trinajstić information content (AvgIpc) is 2.60. The molecule has 0 saturated carbocycles. The van der Waals surface area contributed by atoms with E-state index in [0.29, 0.717) is 24.3 Å². The minimum absolute atomic E-state index is 0.0609. The molecule has 5 nitrogen and oxygen atoms in total. The fraction of sp³-hybridized carbons (Fsp3) is 0.300. The molecule has 0 bridgehead atoms. The second-order valence-corrected chi connectivity index (χ2v) is 6.10. The molecule has 0 aromatic heterocycles. The molecule has 0 spiro atoms. The van der Waals surface area contributed by atoms with Crippen molar-refractivity contribution in [1.29, 1.82) is 0 Å². The van der Waals surface area contributed by atoms with Crippen LogP contribution in [-0.2, 0) is 11.2 Å². The number of halogens is 1. The first-order valence-electron chi connectivity index (χ1n) is 8.50. The van der Waals surface area contributed by atoms with Crippen LogP contribution in [0.5, 0.6) is 5.75 Å². The highest BCUT2D eigenvalue weighted by molar-refractivity contribution is 5.96. The maximum atomic E-state index is 13.1. The van der Waals surface area contributed by atoms with Gasteiger partial charge in [0.1, 0.15) is 11.6 Å². The van der Waals surface area contributed by atoms with Gasteiger partial charge in [-0.1, -0.05) is 12.1 Å². The standard InChI is InChI=1S/C20H23FN2O3/c1-14(2)26-18-8-6-16(7-9-18)20(25)23-13-19(24)22-11-10-15-4-3-5-17(21)12-15/h3-9,12,14H,10-11,13H2,1-2H3,(H,22,24)(H,23,25). The summed E-state index contributed by atoms with van der Waals surface area (Å²) in [5, 5.41) is 5.26. The van der Waals surface area contributed by atoms with E-state index in [2.05, 4.69) is 10.6 Å². The predicted molar refractivity (Wildman–Crippen MR) is 97.7 cm³/mol. The maximum Gasteiger partial charge on any atom is 0.251 e. The Kier molecular flexibility index (Phi) is 7.14. The molecule has 2 amide bonds. The summed E-state index contributed by atoms with van der Waals surface area (Å²) in [5.74, 6) is -0.242. The van der Waals surface area contributed by atoms with E-state index < -0.39 is 0 Å². The normalized spacial score (nSPS) is 10.5. The Balaban J connectivity index is 1.71. The third kappa shape index (κ3) is 6.55. The van der Waals surface area contributed by atoms with Gasteiger partial charge in [-0.2, -0.15) is 0 Å². The van der Waals surface area contributed by atoms with Crippen molar-refractivity contribution in [3.05, 3.63) is 65.5 Å². The second-order valence-electron chi connectivity index (χ2n) is 6.10.